The fourth-order valence-corrected chi connectivity index (χ4v) is 2.74. The molecule has 3 rings (SSSR count). The van der Waals surface area contributed by atoms with Gasteiger partial charge in [-0.25, -0.2) is 0 Å². The fraction of sp³-hybridized carbons (Fsp3) is 0.250. The molecule has 1 aliphatic carbocycles. The van der Waals surface area contributed by atoms with Crippen LogP contribution in [0, 0.1) is 0 Å². The van der Waals surface area contributed by atoms with Crippen LogP contribution >= 0.6 is 15.9 Å². The van der Waals surface area contributed by atoms with Gasteiger partial charge in [-0.15, -0.1) is 0 Å². The number of H-pyrrole nitrogens is 1. The van der Waals surface area contributed by atoms with Gasteiger partial charge >= 0.3 is 0 Å². The molecule has 82 valence electrons. The van der Waals surface area contributed by atoms with E-state index < -0.39 is 0 Å². The number of aryl methyl sites for hydroxylation is 1. The SMILES string of the molecule is ON=C1CCCc2c1[nH]c1ccc(Br)cc21. The Morgan fingerprint density at radius 1 is 1.31 bits per heavy atom. The first-order chi connectivity index (χ1) is 7.79. The van der Waals surface area contributed by atoms with Crippen molar-refractivity contribution in [3.05, 3.63) is 33.9 Å². The van der Waals surface area contributed by atoms with Gasteiger partial charge in [-0.2, -0.15) is 0 Å². The minimum absolute atomic E-state index is 0.772. The number of fused-ring (bicyclic) bond motifs is 3. The molecule has 4 heteroatoms. The topological polar surface area (TPSA) is 48.4 Å². The quantitative estimate of drug-likeness (QED) is 0.563. The van der Waals surface area contributed by atoms with Crippen LogP contribution < -0.4 is 0 Å². The molecule has 0 unspecified atom stereocenters. The summed E-state index contributed by atoms with van der Waals surface area (Å²) in [5.41, 5.74) is 4.15. The average Bonchev–Trinajstić information content (AvgIpc) is 2.67. The molecular formula is C12H11BrN2O. The number of rotatable bonds is 0. The van der Waals surface area contributed by atoms with Crippen molar-refractivity contribution in [1.29, 1.82) is 0 Å². The van der Waals surface area contributed by atoms with E-state index in [0.717, 1.165) is 40.7 Å². The summed E-state index contributed by atoms with van der Waals surface area (Å²) < 4.78 is 1.08. The molecule has 0 amide bonds. The first kappa shape index (κ1) is 9.90. The van der Waals surface area contributed by atoms with Crippen LogP contribution in [0.3, 0.4) is 0 Å². The maximum atomic E-state index is 8.98. The summed E-state index contributed by atoms with van der Waals surface area (Å²) in [6, 6.07) is 6.18. The minimum Gasteiger partial charge on any atom is -0.411 e. The molecule has 1 aliphatic rings. The highest BCUT2D eigenvalue weighted by Crippen LogP contribution is 2.31. The number of hydrogen-bond donors (Lipinski definition) is 2. The predicted molar refractivity (Wildman–Crippen MR) is 67.3 cm³/mol. The Labute approximate surface area is 101 Å². The minimum atomic E-state index is 0.772. The molecule has 0 fully saturated rings. The van der Waals surface area contributed by atoms with Crippen LogP contribution in [-0.2, 0) is 6.42 Å². The van der Waals surface area contributed by atoms with Gasteiger partial charge in [0, 0.05) is 15.4 Å². The van der Waals surface area contributed by atoms with Crippen molar-refractivity contribution in [2.75, 3.05) is 0 Å². The highest BCUT2D eigenvalue weighted by molar-refractivity contribution is 9.10. The van der Waals surface area contributed by atoms with E-state index in [-0.39, 0.29) is 0 Å². The van der Waals surface area contributed by atoms with E-state index in [4.69, 9.17) is 5.21 Å². The van der Waals surface area contributed by atoms with E-state index in [2.05, 4.69) is 32.1 Å². The Morgan fingerprint density at radius 3 is 3.00 bits per heavy atom. The van der Waals surface area contributed by atoms with Gasteiger partial charge in [-0.05, 0) is 43.0 Å². The van der Waals surface area contributed by atoms with Crippen molar-refractivity contribution in [3.8, 4) is 0 Å². The summed E-state index contributed by atoms with van der Waals surface area (Å²) in [6.07, 6.45) is 2.94. The lowest BCUT2D eigenvalue weighted by Crippen LogP contribution is -2.10. The second-order valence-electron chi connectivity index (χ2n) is 4.07. The van der Waals surface area contributed by atoms with Crippen molar-refractivity contribution >= 4 is 32.5 Å². The van der Waals surface area contributed by atoms with Crippen LogP contribution in [0.4, 0.5) is 0 Å². The molecule has 0 atom stereocenters. The summed E-state index contributed by atoms with van der Waals surface area (Å²) >= 11 is 3.48. The maximum absolute atomic E-state index is 8.98. The van der Waals surface area contributed by atoms with Crippen LogP contribution in [0.15, 0.2) is 27.8 Å². The van der Waals surface area contributed by atoms with Gasteiger partial charge in [0.1, 0.15) is 5.71 Å². The van der Waals surface area contributed by atoms with Gasteiger partial charge in [0.2, 0.25) is 0 Å². The highest BCUT2D eigenvalue weighted by atomic mass is 79.9. The lowest BCUT2D eigenvalue weighted by Gasteiger charge is -2.12. The number of aromatic nitrogens is 1. The van der Waals surface area contributed by atoms with E-state index in [1.54, 1.807) is 0 Å². The van der Waals surface area contributed by atoms with Crippen LogP contribution in [0.2, 0.25) is 0 Å². The molecule has 0 saturated heterocycles. The zero-order valence-electron chi connectivity index (χ0n) is 8.63. The molecule has 0 bridgehead atoms. The van der Waals surface area contributed by atoms with Crippen molar-refractivity contribution in [2.45, 2.75) is 19.3 Å². The summed E-state index contributed by atoms with van der Waals surface area (Å²) in [6.45, 7) is 0. The number of benzene rings is 1. The number of aromatic amines is 1. The molecule has 16 heavy (non-hydrogen) atoms. The first-order valence-electron chi connectivity index (χ1n) is 5.31. The molecule has 1 heterocycles. The molecule has 1 aromatic carbocycles. The van der Waals surface area contributed by atoms with Crippen molar-refractivity contribution in [2.24, 2.45) is 5.16 Å². The molecule has 0 aliphatic heterocycles. The third kappa shape index (κ3) is 1.37. The Bertz CT molecular complexity index is 586. The average molecular weight is 279 g/mol. The number of nitrogens with zero attached hydrogens (tertiary/aromatic N) is 1. The van der Waals surface area contributed by atoms with Gasteiger partial charge in [-0.3, -0.25) is 0 Å². The van der Waals surface area contributed by atoms with E-state index in [0.29, 0.717) is 0 Å². The van der Waals surface area contributed by atoms with Gasteiger partial charge in [0.15, 0.2) is 0 Å². The molecule has 0 spiro atoms. The predicted octanol–water partition coefficient (Wildman–Crippen LogP) is 3.45. The van der Waals surface area contributed by atoms with Crippen molar-refractivity contribution < 1.29 is 5.21 Å². The third-order valence-electron chi connectivity index (χ3n) is 3.12. The zero-order valence-corrected chi connectivity index (χ0v) is 10.2. The molecule has 3 nitrogen and oxygen atoms in total. The second-order valence-corrected chi connectivity index (χ2v) is 4.98. The number of halogens is 1. The summed E-state index contributed by atoms with van der Waals surface area (Å²) in [5, 5.41) is 13.6. The number of hydrogen-bond acceptors (Lipinski definition) is 2. The molecule has 2 N–H and O–H groups in total. The van der Waals surface area contributed by atoms with Gasteiger partial charge in [0.05, 0.1) is 5.69 Å². The molecule has 2 aromatic rings. The lowest BCUT2D eigenvalue weighted by atomic mass is 9.94. The van der Waals surface area contributed by atoms with E-state index in [9.17, 15) is 0 Å². The Balaban J connectivity index is 2.33. The molecule has 0 saturated carbocycles. The van der Waals surface area contributed by atoms with E-state index in [1.807, 2.05) is 12.1 Å². The number of nitrogens with one attached hydrogen (secondary N) is 1. The van der Waals surface area contributed by atoms with E-state index in [1.165, 1.54) is 10.9 Å². The highest BCUT2D eigenvalue weighted by Gasteiger charge is 2.20. The Morgan fingerprint density at radius 2 is 2.19 bits per heavy atom. The van der Waals surface area contributed by atoms with Gasteiger partial charge < -0.3 is 10.2 Å². The van der Waals surface area contributed by atoms with Crippen LogP contribution in [0.25, 0.3) is 10.9 Å². The molecule has 0 radical (unpaired) electrons. The smallest absolute Gasteiger partial charge is 0.103 e. The van der Waals surface area contributed by atoms with Gasteiger partial charge in [0.25, 0.3) is 0 Å². The zero-order chi connectivity index (χ0) is 11.1. The third-order valence-corrected chi connectivity index (χ3v) is 3.61. The molecule has 1 aromatic heterocycles. The van der Waals surface area contributed by atoms with Crippen LogP contribution in [0.5, 0.6) is 0 Å². The fourth-order valence-electron chi connectivity index (χ4n) is 2.38. The second kappa shape index (κ2) is 3.63. The van der Waals surface area contributed by atoms with Crippen LogP contribution in [-0.4, -0.2) is 15.9 Å². The first-order valence-corrected chi connectivity index (χ1v) is 6.10. The van der Waals surface area contributed by atoms with Crippen molar-refractivity contribution in [1.82, 2.24) is 4.98 Å². The monoisotopic (exact) mass is 278 g/mol. The maximum Gasteiger partial charge on any atom is 0.103 e. The largest absolute Gasteiger partial charge is 0.411 e. The Hall–Kier alpha value is -1.29. The summed E-state index contributed by atoms with van der Waals surface area (Å²) in [5.74, 6) is 0. The standard InChI is InChI=1S/C12H11BrN2O/c13-7-4-5-10-9(6-7)8-2-1-3-11(15-16)12(8)14-10/h4-6,14,16H,1-3H2. The van der Waals surface area contributed by atoms with Crippen LogP contribution in [0.1, 0.15) is 24.1 Å². The van der Waals surface area contributed by atoms with E-state index >= 15 is 0 Å². The molecular weight excluding hydrogens is 268 g/mol. The normalized spacial score (nSPS) is 17.9. The summed E-state index contributed by atoms with van der Waals surface area (Å²) in [4.78, 5) is 3.33. The Kier molecular flexibility index (Phi) is 2.24. The lowest BCUT2D eigenvalue weighted by molar-refractivity contribution is 0.317. The summed E-state index contributed by atoms with van der Waals surface area (Å²) in [7, 11) is 0. The van der Waals surface area contributed by atoms with Gasteiger partial charge in [-0.1, -0.05) is 21.1 Å². The van der Waals surface area contributed by atoms with Crippen molar-refractivity contribution in [3.63, 3.8) is 0 Å². The number of oxime groups is 1.